The van der Waals surface area contributed by atoms with Crippen LogP contribution < -0.4 is 12.4 Å². The van der Waals surface area contributed by atoms with Gasteiger partial charge in [-0.15, -0.1) is 0 Å². The molecule has 0 rings (SSSR count). The summed E-state index contributed by atoms with van der Waals surface area (Å²) in [7, 11) is 1.68. The molecule has 0 atom stereocenters. The van der Waals surface area contributed by atoms with Crippen molar-refractivity contribution < 1.29 is 17.1 Å². The molecular weight excluding hydrogens is 87.5 g/mol. The van der Waals surface area contributed by atoms with E-state index in [-0.39, 0.29) is 12.4 Å². The van der Waals surface area contributed by atoms with Crippen molar-refractivity contribution in [1.82, 2.24) is 0 Å². The molecule has 0 fully saturated rings. The van der Waals surface area contributed by atoms with Crippen molar-refractivity contribution in [2.24, 2.45) is 0 Å². The number of halogens is 1. The molecular formula is C3H8ClO-. The Morgan fingerprint density at radius 3 is 1.80 bits per heavy atom. The summed E-state index contributed by atoms with van der Waals surface area (Å²) in [6, 6.07) is 0. The standard InChI is InChI=1S/C3H8O.ClH/c1-3-4-2;/h3H2,1-2H3;1H/p-1. The summed E-state index contributed by atoms with van der Waals surface area (Å²) in [4.78, 5) is 0. The molecule has 2 heteroatoms. The van der Waals surface area contributed by atoms with Gasteiger partial charge in [-0.05, 0) is 6.92 Å². The van der Waals surface area contributed by atoms with Crippen LogP contribution in [0.2, 0.25) is 0 Å². The lowest BCUT2D eigenvalue weighted by Crippen LogP contribution is -3.00. The van der Waals surface area contributed by atoms with E-state index < -0.39 is 0 Å². The normalized spacial score (nSPS) is 6.00. The molecule has 0 bridgehead atoms. The molecule has 0 spiro atoms. The van der Waals surface area contributed by atoms with Gasteiger partial charge < -0.3 is 17.1 Å². The van der Waals surface area contributed by atoms with Gasteiger partial charge in [0.15, 0.2) is 0 Å². The van der Waals surface area contributed by atoms with E-state index >= 15 is 0 Å². The molecule has 34 valence electrons. The Morgan fingerprint density at radius 2 is 1.80 bits per heavy atom. The highest BCUT2D eigenvalue weighted by Gasteiger charge is 1.51. The summed E-state index contributed by atoms with van der Waals surface area (Å²) in [6.07, 6.45) is 0. The van der Waals surface area contributed by atoms with Crippen LogP contribution in [0.25, 0.3) is 0 Å². The zero-order chi connectivity index (χ0) is 3.41. The average Bonchev–Trinajstić information content (AvgIpc) is 1.37. The predicted octanol–water partition coefficient (Wildman–Crippen LogP) is -2.34. The van der Waals surface area contributed by atoms with Crippen LogP contribution in [-0.2, 0) is 4.74 Å². The number of rotatable bonds is 1. The summed E-state index contributed by atoms with van der Waals surface area (Å²) in [5.41, 5.74) is 0. The summed E-state index contributed by atoms with van der Waals surface area (Å²) in [6.45, 7) is 2.78. The van der Waals surface area contributed by atoms with Gasteiger partial charge in [0.25, 0.3) is 0 Å². The van der Waals surface area contributed by atoms with Crippen molar-refractivity contribution in [3.63, 3.8) is 0 Å². The van der Waals surface area contributed by atoms with Crippen molar-refractivity contribution in [3.05, 3.63) is 0 Å². The van der Waals surface area contributed by atoms with E-state index in [4.69, 9.17) is 0 Å². The largest absolute Gasteiger partial charge is 1.00 e. The molecule has 0 amide bonds. The third-order valence-corrected chi connectivity index (χ3v) is 0.289. The van der Waals surface area contributed by atoms with Gasteiger partial charge >= 0.3 is 0 Å². The Morgan fingerprint density at radius 1 is 1.60 bits per heavy atom. The first kappa shape index (κ1) is 8.98. The lowest BCUT2D eigenvalue weighted by molar-refractivity contribution is -0.00000141. The van der Waals surface area contributed by atoms with Crippen LogP contribution in [-0.4, -0.2) is 13.7 Å². The Balaban J connectivity index is 0. The molecule has 1 nitrogen and oxygen atoms in total. The third-order valence-electron chi connectivity index (χ3n) is 0.289. The zero-order valence-electron chi connectivity index (χ0n) is 3.49. The van der Waals surface area contributed by atoms with E-state index in [1.807, 2.05) is 6.92 Å². The molecule has 0 aromatic carbocycles. The Labute approximate surface area is 38.7 Å². The van der Waals surface area contributed by atoms with Crippen molar-refractivity contribution >= 4 is 0 Å². The van der Waals surface area contributed by atoms with E-state index in [2.05, 4.69) is 4.74 Å². The van der Waals surface area contributed by atoms with Gasteiger partial charge in [-0.2, -0.15) is 0 Å². The minimum atomic E-state index is 0. The number of methoxy groups -OCH3 is 1. The summed E-state index contributed by atoms with van der Waals surface area (Å²) in [5.74, 6) is 0. The van der Waals surface area contributed by atoms with Crippen LogP contribution in [0.1, 0.15) is 6.92 Å². The lowest BCUT2D eigenvalue weighted by Gasteiger charge is -1.76. The topological polar surface area (TPSA) is 9.23 Å². The second-order valence-corrected chi connectivity index (χ2v) is 0.577. The Bertz CT molecular complexity index is 8.85. The third kappa shape index (κ3) is 13.8. The summed E-state index contributed by atoms with van der Waals surface area (Å²) in [5, 5.41) is 0. The number of hydrogen-bond donors (Lipinski definition) is 0. The van der Waals surface area contributed by atoms with Crippen LogP contribution in [0.5, 0.6) is 0 Å². The maximum Gasteiger partial charge on any atom is 0.0433 e. The molecule has 0 aliphatic rings. The van der Waals surface area contributed by atoms with Gasteiger partial charge in [-0.25, -0.2) is 0 Å². The van der Waals surface area contributed by atoms with Gasteiger partial charge in [0.05, 0.1) is 0 Å². The molecule has 0 heterocycles. The molecule has 0 radical (unpaired) electrons. The molecule has 0 aromatic rings. The first-order valence-electron chi connectivity index (χ1n) is 1.40. The monoisotopic (exact) mass is 95.0 g/mol. The molecule has 0 unspecified atom stereocenters. The number of hydrogen-bond acceptors (Lipinski definition) is 1. The molecule has 0 aliphatic heterocycles. The summed E-state index contributed by atoms with van der Waals surface area (Å²) < 4.78 is 4.54. The molecule has 0 aliphatic carbocycles. The van der Waals surface area contributed by atoms with Crippen molar-refractivity contribution in [2.75, 3.05) is 13.7 Å². The smallest absolute Gasteiger partial charge is 0.0433 e. The van der Waals surface area contributed by atoms with Crippen molar-refractivity contribution in [2.45, 2.75) is 6.92 Å². The predicted molar refractivity (Wildman–Crippen MR) is 17.6 cm³/mol. The summed E-state index contributed by atoms with van der Waals surface area (Å²) >= 11 is 0. The van der Waals surface area contributed by atoms with Gasteiger partial charge in [-0.3, -0.25) is 0 Å². The average molecular weight is 95.5 g/mol. The van der Waals surface area contributed by atoms with Crippen molar-refractivity contribution in [1.29, 1.82) is 0 Å². The first-order chi connectivity index (χ1) is 1.91. The van der Waals surface area contributed by atoms with Gasteiger partial charge in [0.2, 0.25) is 0 Å². The lowest BCUT2D eigenvalue weighted by atomic mass is 10.9. The zero-order valence-corrected chi connectivity index (χ0v) is 4.25. The Kier molecular flexibility index (Phi) is 15.9. The van der Waals surface area contributed by atoms with E-state index in [9.17, 15) is 0 Å². The Hall–Kier alpha value is 0.250. The fraction of sp³-hybridized carbons (Fsp3) is 1.00. The van der Waals surface area contributed by atoms with Crippen LogP contribution in [0.4, 0.5) is 0 Å². The highest BCUT2D eigenvalue weighted by atomic mass is 35.5. The molecule has 0 saturated heterocycles. The van der Waals surface area contributed by atoms with Crippen LogP contribution in [0.15, 0.2) is 0 Å². The van der Waals surface area contributed by atoms with E-state index in [1.165, 1.54) is 0 Å². The maximum absolute atomic E-state index is 4.54. The molecule has 0 saturated carbocycles. The van der Waals surface area contributed by atoms with E-state index in [0.29, 0.717) is 0 Å². The number of ether oxygens (including phenoxy) is 1. The van der Waals surface area contributed by atoms with Gasteiger partial charge in [0, 0.05) is 13.7 Å². The van der Waals surface area contributed by atoms with Gasteiger partial charge in [0.1, 0.15) is 0 Å². The quantitative estimate of drug-likeness (QED) is 0.355. The minimum Gasteiger partial charge on any atom is -1.00 e. The molecule has 0 aromatic heterocycles. The fourth-order valence-electron chi connectivity index (χ4n) is 0. The van der Waals surface area contributed by atoms with Crippen LogP contribution in [0, 0.1) is 0 Å². The minimum absolute atomic E-state index is 0. The molecule has 0 N–H and O–H groups in total. The van der Waals surface area contributed by atoms with E-state index in [0.717, 1.165) is 6.61 Å². The van der Waals surface area contributed by atoms with E-state index in [1.54, 1.807) is 7.11 Å². The highest BCUT2D eigenvalue weighted by molar-refractivity contribution is 3.94. The fourth-order valence-corrected chi connectivity index (χ4v) is 0. The van der Waals surface area contributed by atoms with Crippen molar-refractivity contribution in [3.8, 4) is 0 Å². The van der Waals surface area contributed by atoms with Gasteiger partial charge in [-0.1, -0.05) is 0 Å². The molecule has 5 heavy (non-hydrogen) atoms. The first-order valence-corrected chi connectivity index (χ1v) is 1.40. The second kappa shape index (κ2) is 8.87. The second-order valence-electron chi connectivity index (χ2n) is 0.577. The van der Waals surface area contributed by atoms with Crippen LogP contribution >= 0.6 is 0 Å². The van der Waals surface area contributed by atoms with Crippen LogP contribution in [0.3, 0.4) is 0 Å². The highest BCUT2D eigenvalue weighted by Crippen LogP contribution is 1.52. The SMILES string of the molecule is CCOC.[Cl-]. The maximum atomic E-state index is 4.54.